The molecule has 0 spiro atoms. The Morgan fingerprint density at radius 3 is 2.29 bits per heavy atom. The van der Waals surface area contributed by atoms with Crippen LogP contribution in [0.4, 0.5) is 13.2 Å². The highest BCUT2D eigenvalue weighted by Crippen LogP contribution is 2.17. The average molecular weight is 298 g/mol. The third-order valence-electron chi connectivity index (χ3n) is 3.30. The van der Waals surface area contributed by atoms with Crippen LogP contribution in [0.15, 0.2) is 36.4 Å². The maximum atomic E-state index is 12.3. The van der Waals surface area contributed by atoms with Crippen LogP contribution in [0.3, 0.4) is 0 Å². The molecule has 0 atom stereocenters. The Hall–Kier alpha value is -1.82. The summed E-state index contributed by atoms with van der Waals surface area (Å²) in [6.07, 6.45) is -1.00. The quantitative estimate of drug-likeness (QED) is 0.800. The predicted molar refractivity (Wildman–Crippen MR) is 74.6 cm³/mol. The maximum Gasteiger partial charge on any atom is 0.401 e. The molecule has 1 amide bonds. The van der Waals surface area contributed by atoms with Gasteiger partial charge in [0.25, 0.3) is 0 Å². The van der Waals surface area contributed by atoms with Gasteiger partial charge in [-0.3, -0.25) is 9.69 Å². The molecule has 0 N–H and O–H groups in total. The number of alkyl halides is 3. The predicted octanol–water partition coefficient (Wildman–Crippen LogP) is 2.41. The van der Waals surface area contributed by atoms with E-state index in [1.807, 2.05) is 30.3 Å². The maximum absolute atomic E-state index is 12.3. The second-order valence-corrected chi connectivity index (χ2v) is 4.96. The second kappa shape index (κ2) is 6.76. The summed E-state index contributed by atoms with van der Waals surface area (Å²) in [6, 6.07) is 9.40. The first-order chi connectivity index (χ1) is 9.94. The second-order valence-electron chi connectivity index (χ2n) is 4.96. The Balaban J connectivity index is 1.82. The summed E-state index contributed by atoms with van der Waals surface area (Å²) in [7, 11) is 0. The third kappa shape index (κ3) is 5.23. The van der Waals surface area contributed by atoms with Gasteiger partial charge >= 0.3 is 6.18 Å². The number of halogens is 3. The molecule has 0 bridgehead atoms. The van der Waals surface area contributed by atoms with Gasteiger partial charge in [-0.25, -0.2) is 0 Å². The standard InChI is InChI=1S/C15H17F3N2O/c16-15(17,18)12-19-8-10-20(11-9-19)14(21)7-6-13-4-2-1-3-5-13/h1-7H,8-12H2/b7-6+. The fourth-order valence-corrected chi connectivity index (χ4v) is 2.22. The van der Waals surface area contributed by atoms with E-state index >= 15 is 0 Å². The van der Waals surface area contributed by atoms with Crippen LogP contribution in [0.2, 0.25) is 0 Å². The lowest BCUT2D eigenvalue weighted by Gasteiger charge is -2.34. The molecule has 0 radical (unpaired) electrons. The molecule has 2 rings (SSSR count). The van der Waals surface area contributed by atoms with Gasteiger partial charge in [-0.1, -0.05) is 30.3 Å². The van der Waals surface area contributed by atoms with E-state index in [2.05, 4.69) is 0 Å². The Bertz CT molecular complexity index is 491. The van der Waals surface area contributed by atoms with E-state index in [1.165, 1.54) is 11.0 Å². The fourth-order valence-electron chi connectivity index (χ4n) is 2.22. The summed E-state index contributed by atoms with van der Waals surface area (Å²) < 4.78 is 36.8. The van der Waals surface area contributed by atoms with Crippen molar-refractivity contribution in [2.24, 2.45) is 0 Å². The van der Waals surface area contributed by atoms with Gasteiger partial charge in [-0.05, 0) is 11.6 Å². The van der Waals surface area contributed by atoms with E-state index in [0.29, 0.717) is 13.1 Å². The number of hydrogen-bond donors (Lipinski definition) is 0. The number of rotatable bonds is 3. The van der Waals surface area contributed by atoms with Gasteiger partial charge < -0.3 is 4.90 Å². The molecule has 3 nitrogen and oxygen atoms in total. The number of benzene rings is 1. The van der Waals surface area contributed by atoms with Crippen molar-refractivity contribution in [3.8, 4) is 0 Å². The van der Waals surface area contributed by atoms with Gasteiger partial charge in [0.15, 0.2) is 0 Å². The summed E-state index contributed by atoms with van der Waals surface area (Å²) in [5.41, 5.74) is 0.918. The lowest BCUT2D eigenvalue weighted by Crippen LogP contribution is -2.50. The molecular formula is C15H17F3N2O. The number of carbonyl (C=O) groups excluding carboxylic acids is 1. The lowest BCUT2D eigenvalue weighted by molar-refractivity contribution is -0.150. The highest BCUT2D eigenvalue weighted by molar-refractivity contribution is 5.91. The summed E-state index contributed by atoms with van der Waals surface area (Å²) >= 11 is 0. The molecule has 114 valence electrons. The lowest BCUT2D eigenvalue weighted by atomic mass is 10.2. The molecule has 1 aliphatic heterocycles. The molecule has 21 heavy (non-hydrogen) atoms. The van der Waals surface area contributed by atoms with Gasteiger partial charge in [0.05, 0.1) is 6.54 Å². The zero-order valence-corrected chi connectivity index (χ0v) is 11.5. The van der Waals surface area contributed by atoms with E-state index in [4.69, 9.17) is 0 Å². The van der Waals surface area contributed by atoms with Crippen LogP contribution in [0.25, 0.3) is 6.08 Å². The first-order valence-electron chi connectivity index (χ1n) is 6.75. The van der Waals surface area contributed by atoms with Gasteiger partial charge in [0.1, 0.15) is 0 Å². The summed E-state index contributed by atoms with van der Waals surface area (Å²) in [5, 5.41) is 0. The number of amides is 1. The third-order valence-corrected chi connectivity index (χ3v) is 3.30. The van der Waals surface area contributed by atoms with Crippen LogP contribution in [0, 0.1) is 0 Å². The molecule has 1 aromatic rings. The topological polar surface area (TPSA) is 23.6 Å². The van der Waals surface area contributed by atoms with E-state index in [-0.39, 0.29) is 19.0 Å². The molecule has 1 aromatic carbocycles. The van der Waals surface area contributed by atoms with Crippen molar-refractivity contribution in [3.05, 3.63) is 42.0 Å². The van der Waals surface area contributed by atoms with Crippen LogP contribution in [0.5, 0.6) is 0 Å². The minimum absolute atomic E-state index is 0.162. The van der Waals surface area contributed by atoms with Crippen molar-refractivity contribution in [1.82, 2.24) is 9.80 Å². The number of piperazine rings is 1. The van der Waals surface area contributed by atoms with Crippen LogP contribution < -0.4 is 0 Å². The zero-order chi connectivity index (χ0) is 15.3. The summed E-state index contributed by atoms with van der Waals surface area (Å²) in [4.78, 5) is 14.9. The Morgan fingerprint density at radius 2 is 1.71 bits per heavy atom. The zero-order valence-electron chi connectivity index (χ0n) is 11.5. The largest absolute Gasteiger partial charge is 0.401 e. The first kappa shape index (κ1) is 15.6. The van der Waals surface area contributed by atoms with Crippen LogP contribution >= 0.6 is 0 Å². The number of hydrogen-bond acceptors (Lipinski definition) is 2. The average Bonchev–Trinajstić information content (AvgIpc) is 2.45. The van der Waals surface area contributed by atoms with E-state index in [0.717, 1.165) is 5.56 Å². The van der Waals surface area contributed by atoms with E-state index in [9.17, 15) is 18.0 Å². The molecule has 6 heteroatoms. The van der Waals surface area contributed by atoms with Crippen LogP contribution in [-0.2, 0) is 4.79 Å². The van der Waals surface area contributed by atoms with Gasteiger partial charge in [0, 0.05) is 32.3 Å². The van der Waals surface area contributed by atoms with Crippen molar-refractivity contribution in [2.75, 3.05) is 32.7 Å². The Labute approximate surface area is 121 Å². The Morgan fingerprint density at radius 1 is 1.10 bits per heavy atom. The first-order valence-corrected chi connectivity index (χ1v) is 6.75. The molecule has 1 aliphatic rings. The highest BCUT2D eigenvalue weighted by Gasteiger charge is 2.32. The minimum atomic E-state index is -4.18. The van der Waals surface area contributed by atoms with Crippen molar-refractivity contribution < 1.29 is 18.0 Å². The molecule has 0 unspecified atom stereocenters. The van der Waals surface area contributed by atoms with Crippen LogP contribution in [0.1, 0.15) is 5.56 Å². The minimum Gasteiger partial charge on any atom is -0.337 e. The summed E-state index contributed by atoms with van der Waals surface area (Å²) in [6.45, 7) is 0.256. The normalized spacial score (nSPS) is 17.4. The molecule has 1 heterocycles. The molecule has 0 saturated carbocycles. The summed E-state index contributed by atoms with van der Waals surface area (Å²) in [5.74, 6) is -0.162. The molecule has 1 saturated heterocycles. The van der Waals surface area contributed by atoms with Crippen molar-refractivity contribution in [2.45, 2.75) is 6.18 Å². The monoisotopic (exact) mass is 298 g/mol. The van der Waals surface area contributed by atoms with Crippen molar-refractivity contribution >= 4 is 12.0 Å². The highest BCUT2D eigenvalue weighted by atomic mass is 19.4. The SMILES string of the molecule is O=C(/C=C/c1ccccc1)N1CCN(CC(F)(F)F)CC1. The van der Waals surface area contributed by atoms with Gasteiger partial charge in [-0.2, -0.15) is 13.2 Å². The van der Waals surface area contributed by atoms with Gasteiger partial charge in [0.2, 0.25) is 5.91 Å². The van der Waals surface area contributed by atoms with E-state index < -0.39 is 12.7 Å². The smallest absolute Gasteiger partial charge is 0.337 e. The van der Waals surface area contributed by atoms with Crippen molar-refractivity contribution in [3.63, 3.8) is 0 Å². The fraction of sp³-hybridized carbons (Fsp3) is 0.400. The molecular weight excluding hydrogens is 281 g/mol. The Kier molecular flexibility index (Phi) is 5.01. The molecule has 1 fully saturated rings. The number of carbonyl (C=O) groups is 1. The van der Waals surface area contributed by atoms with Crippen LogP contribution in [-0.4, -0.2) is 54.6 Å². The van der Waals surface area contributed by atoms with Crippen molar-refractivity contribution in [1.29, 1.82) is 0 Å². The molecule has 0 aliphatic carbocycles. The van der Waals surface area contributed by atoms with E-state index in [1.54, 1.807) is 11.0 Å². The number of nitrogens with zero attached hydrogens (tertiary/aromatic N) is 2. The molecule has 0 aromatic heterocycles. The van der Waals surface area contributed by atoms with Gasteiger partial charge in [-0.15, -0.1) is 0 Å².